The highest BCUT2D eigenvalue weighted by Gasteiger charge is 2.19. The molecular formula is C11H21N3O4S. The Morgan fingerprint density at radius 3 is 2.63 bits per heavy atom. The second kappa shape index (κ2) is 8.11. The Balaban J connectivity index is 2.33. The summed E-state index contributed by atoms with van der Waals surface area (Å²) in [6, 6.07) is -0.164. The van der Waals surface area contributed by atoms with E-state index in [1.807, 2.05) is 4.90 Å². The van der Waals surface area contributed by atoms with Crippen LogP contribution < -0.4 is 5.32 Å². The molecule has 2 N–H and O–H groups in total. The molecule has 8 heteroatoms. The number of carboxylic acid groups (broad SMARTS) is 1. The maximum absolute atomic E-state index is 11.8. The quantitative estimate of drug-likeness (QED) is 0.690. The molecule has 1 unspecified atom stereocenters. The van der Waals surface area contributed by atoms with Gasteiger partial charge in [0, 0.05) is 55.5 Å². The van der Waals surface area contributed by atoms with Gasteiger partial charge in [0.05, 0.1) is 6.54 Å². The standard InChI is InChI=1S/C11H21N3O4S/c1-19(18)8-3-12-11(17)14-5-2-4-13(6-7-14)9-10(15)16/h2-9H2,1H3,(H,12,17)(H,15,16). The van der Waals surface area contributed by atoms with Crippen LogP contribution in [0, 0.1) is 0 Å². The van der Waals surface area contributed by atoms with Crippen LogP contribution in [-0.4, -0.2) is 82.4 Å². The third kappa shape index (κ3) is 6.53. The normalized spacial score (nSPS) is 18.7. The molecule has 7 nitrogen and oxygen atoms in total. The van der Waals surface area contributed by atoms with Crippen molar-refractivity contribution in [2.45, 2.75) is 6.42 Å². The lowest BCUT2D eigenvalue weighted by molar-refractivity contribution is -0.138. The highest BCUT2D eigenvalue weighted by molar-refractivity contribution is 7.84. The highest BCUT2D eigenvalue weighted by Crippen LogP contribution is 2.03. The van der Waals surface area contributed by atoms with Gasteiger partial charge in [-0.1, -0.05) is 0 Å². The largest absolute Gasteiger partial charge is 0.480 e. The van der Waals surface area contributed by atoms with Gasteiger partial charge in [-0.2, -0.15) is 0 Å². The van der Waals surface area contributed by atoms with Crippen molar-refractivity contribution in [3.8, 4) is 0 Å². The van der Waals surface area contributed by atoms with Crippen molar-refractivity contribution in [1.29, 1.82) is 0 Å². The van der Waals surface area contributed by atoms with E-state index < -0.39 is 16.8 Å². The van der Waals surface area contributed by atoms with E-state index >= 15 is 0 Å². The average molecular weight is 291 g/mol. The van der Waals surface area contributed by atoms with Crippen molar-refractivity contribution in [3.63, 3.8) is 0 Å². The Labute approximate surface area is 115 Å². The number of hydrogen-bond acceptors (Lipinski definition) is 4. The van der Waals surface area contributed by atoms with Gasteiger partial charge in [0.2, 0.25) is 0 Å². The van der Waals surface area contributed by atoms with Gasteiger partial charge in [0.1, 0.15) is 0 Å². The summed E-state index contributed by atoms with van der Waals surface area (Å²) < 4.78 is 10.9. The highest BCUT2D eigenvalue weighted by atomic mass is 32.2. The van der Waals surface area contributed by atoms with E-state index in [0.29, 0.717) is 38.5 Å². The zero-order valence-corrected chi connectivity index (χ0v) is 11.9. The minimum absolute atomic E-state index is 0.0181. The number of rotatable bonds is 5. The first-order valence-corrected chi connectivity index (χ1v) is 7.98. The van der Waals surface area contributed by atoms with Gasteiger partial charge in [0.25, 0.3) is 0 Å². The summed E-state index contributed by atoms with van der Waals surface area (Å²) in [5.41, 5.74) is 0. The monoisotopic (exact) mass is 291 g/mol. The summed E-state index contributed by atoms with van der Waals surface area (Å²) >= 11 is 0. The van der Waals surface area contributed by atoms with E-state index in [-0.39, 0.29) is 12.6 Å². The molecule has 0 spiro atoms. The Kier molecular flexibility index (Phi) is 6.79. The molecule has 1 aliphatic heterocycles. The van der Waals surface area contributed by atoms with E-state index in [0.717, 1.165) is 6.42 Å². The smallest absolute Gasteiger partial charge is 0.317 e. The molecule has 110 valence electrons. The van der Waals surface area contributed by atoms with Crippen molar-refractivity contribution in [2.75, 3.05) is 51.3 Å². The van der Waals surface area contributed by atoms with Gasteiger partial charge in [-0.25, -0.2) is 4.79 Å². The van der Waals surface area contributed by atoms with Crippen LogP contribution in [0.25, 0.3) is 0 Å². The van der Waals surface area contributed by atoms with Crippen molar-refractivity contribution in [2.24, 2.45) is 0 Å². The Morgan fingerprint density at radius 1 is 1.26 bits per heavy atom. The third-order valence-electron chi connectivity index (χ3n) is 2.90. The van der Waals surface area contributed by atoms with Crippen LogP contribution in [0.4, 0.5) is 4.79 Å². The van der Waals surface area contributed by atoms with E-state index in [9.17, 15) is 13.8 Å². The number of carboxylic acids is 1. The van der Waals surface area contributed by atoms with Crippen molar-refractivity contribution in [1.82, 2.24) is 15.1 Å². The molecule has 1 fully saturated rings. The van der Waals surface area contributed by atoms with Gasteiger partial charge in [-0.15, -0.1) is 0 Å². The van der Waals surface area contributed by atoms with Gasteiger partial charge >= 0.3 is 12.0 Å². The molecule has 0 aromatic carbocycles. The summed E-state index contributed by atoms with van der Waals surface area (Å²) in [6.45, 7) is 2.82. The summed E-state index contributed by atoms with van der Waals surface area (Å²) in [5, 5.41) is 11.5. The number of nitrogens with one attached hydrogen (secondary N) is 1. The zero-order chi connectivity index (χ0) is 14.3. The van der Waals surface area contributed by atoms with Crippen LogP contribution in [-0.2, 0) is 15.6 Å². The second-order valence-electron chi connectivity index (χ2n) is 4.52. The zero-order valence-electron chi connectivity index (χ0n) is 11.1. The molecule has 0 radical (unpaired) electrons. The SMILES string of the molecule is CS(=O)CCNC(=O)N1CCCN(CC(=O)O)CC1. The number of hydrogen-bond donors (Lipinski definition) is 2. The Bertz CT molecular complexity index is 351. The predicted molar refractivity (Wildman–Crippen MR) is 72.6 cm³/mol. The minimum Gasteiger partial charge on any atom is -0.480 e. The van der Waals surface area contributed by atoms with Crippen LogP contribution >= 0.6 is 0 Å². The van der Waals surface area contributed by atoms with Gasteiger partial charge < -0.3 is 15.3 Å². The van der Waals surface area contributed by atoms with E-state index in [1.165, 1.54) is 0 Å². The topological polar surface area (TPSA) is 90.0 Å². The van der Waals surface area contributed by atoms with E-state index in [2.05, 4.69) is 5.32 Å². The van der Waals surface area contributed by atoms with Crippen LogP contribution in [0.1, 0.15) is 6.42 Å². The molecule has 0 aromatic rings. The summed E-state index contributed by atoms with van der Waals surface area (Å²) in [4.78, 5) is 26.0. The molecule has 1 atom stereocenters. The van der Waals surface area contributed by atoms with Crippen molar-refractivity contribution < 1.29 is 18.9 Å². The molecule has 2 amide bonds. The molecule has 19 heavy (non-hydrogen) atoms. The number of amides is 2. The molecular weight excluding hydrogens is 270 g/mol. The first-order chi connectivity index (χ1) is 8.99. The second-order valence-corrected chi connectivity index (χ2v) is 6.07. The number of carbonyl (C=O) groups excluding carboxylic acids is 1. The molecule has 1 heterocycles. The number of aliphatic carboxylic acids is 1. The number of urea groups is 1. The van der Waals surface area contributed by atoms with Gasteiger partial charge in [0.15, 0.2) is 0 Å². The number of carbonyl (C=O) groups is 2. The molecule has 1 saturated heterocycles. The summed E-state index contributed by atoms with van der Waals surface area (Å²) in [5.74, 6) is -0.395. The van der Waals surface area contributed by atoms with Crippen LogP contribution in [0.5, 0.6) is 0 Å². The Morgan fingerprint density at radius 2 is 2.00 bits per heavy atom. The summed E-state index contributed by atoms with van der Waals surface area (Å²) in [6.07, 6.45) is 2.36. The maximum Gasteiger partial charge on any atom is 0.317 e. The van der Waals surface area contributed by atoms with Crippen LogP contribution in [0.15, 0.2) is 0 Å². The van der Waals surface area contributed by atoms with Crippen molar-refractivity contribution >= 4 is 22.8 Å². The lowest BCUT2D eigenvalue weighted by Gasteiger charge is -2.21. The average Bonchev–Trinajstić information content (AvgIpc) is 2.53. The van der Waals surface area contributed by atoms with Gasteiger partial charge in [-0.3, -0.25) is 13.9 Å². The molecule has 1 rings (SSSR count). The Hall–Kier alpha value is -1.15. The van der Waals surface area contributed by atoms with Gasteiger partial charge in [-0.05, 0) is 6.42 Å². The summed E-state index contributed by atoms with van der Waals surface area (Å²) in [7, 11) is -0.910. The molecule has 0 aromatic heterocycles. The minimum atomic E-state index is -0.910. The first-order valence-electron chi connectivity index (χ1n) is 6.26. The molecule has 1 aliphatic rings. The lowest BCUT2D eigenvalue weighted by Crippen LogP contribution is -2.43. The number of nitrogens with zero attached hydrogens (tertiary/aromatic N) is 2. The maximum atomic E-state index is 11.8. The fourth-order valence-electron chi connectivity index (χ4n) is 1.94. The first kappa shape index (κ1) is 15.9. The predicted octanol–water partition coefficient (Wildman–Crippen LogP) is -0.833. The van der Waals surface area contributed by atoms with E-state index in [1.54, 1.807) is 11.2 Å². The van der Waals surface area contributed by atoms with Crippen molar-refractivity contribution in [3.05, 3.63) is 0 Å². The van der Waals surface area contributed by atoms with E-state index in [4.69, 9.17) is 5.11 Å². The molecule has 0 aliphatic carbocycles. The molecule has 0 bridgehead atoms. The van der Waals surface area contributed by atoms with Crippen LogP contribution in [0.2, 0.25) is 0 Å². The fourth-order valence-corrected chi connectivity index (χ4v) is 2.33. The van der Waals surface area contributed by atoms with Crippen LogP contribution in [0.3, 0.4) is 0 Å². The molecule has 0 saturated carbocycles. The lowest BCUT2D eigenvalue weighted by atomic mass is 10.4. The fraction of sp³-hybridized carbons (Fsp3) is 0.818. The third-order valence-corrected chi connectivity index (χ3v) is 3.68.